The molecule has 0 radical (unpaired) electrons. The highest BCUT2D eigenvalue weighted by atomic mass is 79.9. The number of fused-ring (bicyclic) bond motifs is 1. The molecule has 2 aliphatic carbocycles. The van der Waals surface area contributed by atoms with Crippen LogP contribution in [0.15, 0.2) is 22.7 Å². The SMILES string of the molecule is O=C1c2cc(Br)ccc2CCC12CCC(O)CC2. The molecule has 0 aliphatic heterocycles. The second-order valence-corrected chi connectivity index (χ2v) is 6.56. The Balaban J connectivity index is 1.96. The third-order valence-electron chi connectivity index (χ3n) is 4.58. The molecule has 0 atom stereocenters. The number of hydrogen-bond acceptors (Lipinski definition) is 2. The van der Waals surface area contributed by atoms with Crippen LogP contribution < -0.4 is 0 Å². The molecule has 96 valence electrons. The highest BCUT2D eigenvalue weighted by molar-refractivity contribution is 9.10. The van der Waals surface area contributed by atoms with Crippen molar-refractivity contribution >= 4 is 21.7 Å². The molecule has 1 spiro atoms. The highest BCUT2D eigenvalue weighted by Gasteiger charge is 2.44. The predicted molar refractivity (Wildman–Crippen MR) is 73.7 cm³/mol. The van der Waals surface area contributed by atoms with Gasteiger partial charge in [0.05, 0.1) is 6.10 Å². The van der Waals surface area contributed by atoms with Gasteiger partial charge in [-0.15, -0.1) is 0 Å². The van der Waals surface area contributed by atoms with Crippen molar-refractivity contribution in [3.8, 4) is 0 Å². The molecule has 3 rings (SSSR count). The average Bonchev–Trinajstić information content (AvgIpc) is 2.38. The summed E-state index contributed by atoms with van der Waals surface area (Å²) < 4.78 is 0.975. The van der Waals surface area contributed by atoms with Crippen LogP contribution in [-0.4, -0.2) is 17.0 Å². The van der Waals surface area contributed by atoms with E-state index in [1.165, 1.54) is 5.56 Å². The summed E-state index contributed by atoms with van der Waals surface area (Å²) in [6, 6.07) is 6.03. The highest BCUT2D eigenvalue weighted by Crippen LogP contribution is 2.46. The van der Waals surface area contributed by atoms with Crippen LogP contribution in [0.5, 0.6) is 0 Å². The Bertz CT molecular complexity index is 487. The first-order valence-corrected chi connectivity index (χ1v) is 7.41. The molecule has 0 amide bonds. The van der Waals surface area contributed by atoms with Crippen molar-refractivity contribution < 1.29 is 9.90 Å². The molecular formula is C15H17BrO2. The van der Waals surface area contributed by atoms with Gasteiger partial charge >= 0.3 is 0 Å². The van der Waals surface area contributed by atoms with E-state index in [2.05, 4.69) is 22.0 Å². The average molecular weight is 309 g/mol. The van der Waals surface area contributed by atoms with Gasteiger partial charge in [0.2, 0.25) is 0 Å². The summed E-state index contributed by atoms with van der Waals surface area (Å²) in [5.41, 5.74) is 1.89. The zero-order valence-corrected chi connectivity index (χ0v) is 11.9. The van der Waals surface area contributed by atoms with Crippen LogP contribution in [0.4, 0.5) is 0 Å². The summed E-state index contributed by atoms with van der Waals surface area (Å²) in [4.78, 5) is 12.7. The smallest absolute Gasteiger partial charge is 0.169 e. The van der Waals surface area contributed by atoms with Gasteiger partial charge in [-0.05, 0) is 56.2 Å². The van der Waals surface area contributed by atoms with Crippen LogP contribution in [0.3, 0.4) is 0 Å². The molecule has 2 nitrogen and oxygen atoms in total. The van der Waals surface area contributed by atoms with Crippen molar-refractivity contribution in [2.24, 2.45) is 5.41 Å². The Morgan fingerprint density at radius 3 is 2.67 bits per heavy atom. The third-order valence-corrected chi connectivity index (χ3v) is 5.08. The normalized spacial score (nSPS) is 31.4. The van der Waals surface area contributed by atoms with Crippen molar-refractivity contribution in [3.63, 3.8) is 0 Å². The van der Waals surface area contributed by atoms with Crippen LogP contribution in [0.2, 0.25) is 0 Å². The van der Waals surface area contributed by atoms with Crippen molar-refractivity contribution in [3.05, 3.63) is 33.8 Å². The first kappa shape index (κ1) is 12.4. The number of hydrogen-bond donors (Lipinski definition) is 1. The number of carbonyl (C=O) groups is 1. The third kappa shape index (κ3) is 1.94. The zero-order chi connectivity index (χ0) is 12.8. The lowest BCUT2D eigenvalue weighted by atomic mass is 9.62. The maximum absolute atomic E-state index is 12.7. The first-order valence-electron chi connectivity index (χ1n) is 6.62. The van der Waals surface area contributed by atoms with Crippen molar-refractivity contribution in [1.29, 1.82) is 0 Å². The van der Waals surface area contributed by atoms with E-state index in [4.69, 9.17) is 0 Å². The Hall–Kier alpha value is -0.670. The molecule has 0 bridgehead atoms. The van der Waals surface area contributed by atoms with E-state index in [0.29, 0.717) is 5.78 Å². The predicted octanol–water partition coefficient (Wildman–Crippen LogP) is 3.50. The van der Waals surface area contributed by atoms with Gasteiger partial charge in [0, 0.05) is 15.5 Å². The summed E-state index contributed by atoms with van der Waals surface area (Å²) in [5, 5.41) is 9.63. The fourth-order valence-corrected chi connectivity index (χ4v) is 3.74. The van der Waals surface area contributed by atoms with E-state index in [9.17, 15) is 9.90 Å². The monoisotopic (exact) mass is 308 g/mol. The lowest BCUT2D eigenvalue weighted by Gasteiger charge is -2.41. The summed E-state index contributed by atoms with van der Waals surface area (Å²) in [5.74, 6) is 0.303. The molecule has 1 N–H and O–H groups in total. The number of Topliss-reactive ketones (excluding diaryl/α,β-unsaturated/α-hetero) is 1. The molecular weight excluding hydrogens is 292 g/mol. The summed E-state index contributed by atoms with van der Waals surface area (Å²) >= 11 is 3.45. The standard InChI is InChI=1S/C15H17BrO2/c16-11-2-1-10-3-6-15(14(18)13(10)9-11)7-4-12(17)5-8-15/h1-2,9,12,17H,3-8H2. The topological polar surface area (TPSA) is 37.3 Å². The van der Waals surface area contributed by atoms with E-state index in [1.807, 2.05) is 12.1 Å². The second kappa shape index (κ2) is 4.46. The largest absolute Gasteiger partial charge is 0.393 e. The maximum Gasteiger partial charge on any atom is 0.169 e. The Morgan fingerprint density at radius 2 is 1.94 bits per heavy atom. The maximum atomic E-state index is 12.7. The van der Waals surface area contributed by atoms with Crippen LogP contribution in [0.25, 0.3) is 0 Å². The number of aliphatic hydroxyl groups is 1. The van der Waals surface area contributed by atoms with Crippen LogP contribution >= 0.6 is 15.9 Å². The number of halogens is 1. The molecule has 0 saturated heterocycles. The van der Waals surface area contributed by atoms with Gasteiger partial charge < -0.3 is 5.11 Å². The van der Waals surface area contributed by atoms with Gasteiger partial charge in [-0.3, -0.25) is 4.79 Å². The number of carbonyl (C=O) groups excluding carboxylic acids is 1. The Kier molecular flexibility index (Phi) is 3.07. The Labute approximate surface area is 116 Å². The summed E-state index contributed by atoms with van der Waals surface area (Å²) in [6.45, 7) is 0. The number of ketones is 1. The fourth-order valence-electron chi connectivity index (χ4n) is 3.38. The molecule has 1 aromatic rings. The minimum absolute atomic E-state index is 0.187. The number of benzene rings is 1. The minimum Gasteiger partial charge on any atom is -0.393 e. The lowest BCUT2D eigenvalue weighted by Crippen LogP contribution is -2.40. The van der Waals surface area contributed by atoms with Crippen molar-refractivity contribution in [1.82, 2.24) is 0 Å². The van der Waals surface area contributed by atoms with Crippen LogP contribution in [-0.2, 0) is 6.42 Å². The van der Waals surface area contributed by atoms with Crippen LogP contribution in [0, 0.1) is 5.41 Å². The molecule has 1 saturated carbocycles. The van der Waals surface area contributed by atoms with E-state index >= 15 is 0 Å². The molecule has 18 heavy (non-hydrogen) atoms. The van der Waals surface area contributed by atoms with Gasteiger partial charge in [-0.25, -0.2) is 0 Å². The summed E-state index contributed by atoms with van der Waals surface area (Å²) in [6.07, 6.45) is 4.98. The lowest BCUT2D eigenvalue weighted by molar-refractivity contribution is 0.0424. The first-order chi connectivity index (χ1) is 8.61. The molecule has 1 aromatic carbocycles. The Morgan fingerprint density at radius 1 is 1.22 bits per heavy atom. The van der Waals surface area contributed by atoms with Crippen molar-refractivity contribution in [2.45, 2.75) is 44.6 Å². The quantitative estimate of drug-likeness (QED) is 0.796. The molecule has 3 heteroatoms. The van der Waals surface area contributed by atoms with Gasteiger partial charge in [-0.2, -0.15) is 0 Å². The fraction of sp³-hybridized carbons (Fsp3) is 0.533. The summed E-state index contributed by atoms with van der Waals surface area (Å²) in [7, 11) is 0. The van der Waals surface area contributed by atoms with Gasteiger partial charge in [0.15, 0.2) is 5.78 Å². The number of aryl methyl sites for hydroxylation is 1. The molecule has 2 aliphatic rings. The zero-order valence-electron chi connectivity index (χ0n) is 10.3. The van der Waals surface area contributed by atoms with Crippen LogP contribution in [0.1, 0.15) is 48.0 Å². The van der Waals surface area contributed by atoms with Crippen molar-refractivity contribution in [2.75, 3.05) is 0 Å². The second-order valence-electron chi connectivity index (χ2n) is 5.64. The molecule has 0 heterocycles. The molecule has 0 unspecified atom stereocenters. The molecule has 1 fully saturated rings. The van der Waals surface area contributed by atoms with E-state index in [0.717, 1.165) is 48.6 Å². The van der Waals surface area contributed by atoms with Gasteiger partial charge in [-0.1, -0.05) is 22.0 Å². The van der Waals surface area contributed by atoms with E-state index in [1.54, 1.807) is 0 Å². The molecule has 0 aromatic heterocycles. The minimum atomic E-state index is -0.202. The van der Waals surface area contributed by atoms with E-state index < -0.39 is 0 Å². The van der Waals surface area contributed by atoms with E-state index in [-0.39, 0.29) is 11.5 Å². The van der Waals surface area contributed by atoms with Gasteiger partial charge in [0.25, 0.3) is 0 Å². The number of aliphatic hydroxyl groups excluding tert-OH is 1. The number of rotatable bonds is 0. The van der Waals surface area contributed by atoms with Gasteiger partial charge in [0.1, 0.15) is 0 Å².